The van der Waals surface area contributed by atoms with E-state index in [4.69, 9.17) is 4.98 Å². The topological polar surface area (TPSA) is 22.2 Å². The molecule has 5 heterocycles. The highest BCUT2D eigenvalue weighted by Gasteiger charge is 2.21. The van der Waals surface area contributed by atoms with Gasteiger partial charge in [-0.2, -0.15) is 0 Å². The molecule has 0 atom stereocenters. The maximum absolute atomic E-state index is 5.30. The lowest BCUT2D eigenvalue weighted by atomic mass is 10.1. The van der Waals surface area contributed by atoms with E-state index >= 15 is 0 Å². The third kappa shape index (κ3) is 3.28. The standard InChI is InChI=1S/C41H23N3S2/c1-5-16-32-24(10-1)21-35-39(42-31-15-4-6-17-33(31)44(32)35)25-11-9-12-26(20-25)43-34-22-29-27-13-2-7-18-36(27)45-38(29)23-30(34)41-40(43)28-14-3-8-19-37(28)46-41/h1-23H. The Labute approximate surface area is 270 Å². The van der Waals surface area contributed by atoms with Gasteiger partial charge in [0.05, 0.1) is 43.5 Å². The first-order chi connectivity index (χ1) is 22.8. The lowest BCUT2D eigenvalue weighted by Crippen LogP contribution is -1.97. The molecule has 5 aromatic heterocycles. The molecule has 0 aliphatic heterocycles. The van der Waals surface area contributed by atoms with E-state index in [9.17, 15) is 0 Å². The normalized spacial score (nSPS) is 12.3. The van der Waals surface area contributed by atoms with Crippen LogP contribution in [0, 0.1) is 0 Å². The van der Waals surface area contributed by atoms with E-state index in [1.807, 2.05) is 22.7 Å². The smallest absolute Gasteiger partial charge is 0.0951 e. The molecular weight excluding hydrogens is 599 g/mol. The molecule has 6 aromatic carbocycles. The molecule has 3 nitrogen and oxygen atoms in total. The molecule has 0 saturated carbocycles. The van der Waals surface area contributed by atoms with Gasteiger partial charge in [-0.05, 0) is 60.7 Å². The SMILES string of the molecule is c1cc(-c2nc3ccccc3n3c2cc2ccccc23)cc(-n2c3cc4c(cc3c3sc5ccccc5c32)sc2ccccc24)c1. The number of benzene rings is 6. The molecule has 0 N–H and O–H groups in total. The third-order valence-electron chi connectivity index (χ3n) is 9.46. The van der Waals surface area contributed by atoms with Crippen LogP contribution in [0.1, 0.15) is 0 Å². The first kappa shape index (κ1) is 24.8. The van der Waals surface area contributed by atoms with Crippen LogP contribution in [0.15, 0.2) is 140 Å². The first-order valence-corrected chi connectivity index (χ1v) is 17.1. The number of aromatic nitrogens is 3. The van der Waals surface area contributed by atoms with Crippen molar-refractivity contribution >= 4 is 102 Å². The van der Waals surface area contributed by atoms with Gasteiger partial charge in [0.2, 0.25) is 0 Å². The predicted octanol–water partition coefficient (Wildman–Crippen LogP) is 12.0. The van der Waals surface area contributed by atoms with Gasteiger partial charge in [0.25, 0.3) is 0 Å². The average Bonchev–Trinajstić information content (AvgIpc) is 3.85. The largest absolute Gasteiger partial charge is 0.308 e. The minimum Gasteiger partial charge on any atom is -0.308 e. The summed E-state index contributed by atoms with van der Waals surface area (Å²) in [6.45, 7) is 0. The fraction of sp³-hybridized carbons (Fsp3) is 0. The lowest BCUT2D eigenvalue weighted by Gasteiger charge is -2.13. The van der Waals surface area contributed by atoms with E-state index in [1.165, 1.54) is 62.3 Å². The fourth-order valence-electron chi connectivity index (χ4n) is 7.47. The molecule has 0 aliphatic rings. The molecular formula is C41H23N3S2. The van der Waals surface area contributed by atoms with Crippen LogP contribution < -0.4 is 0 Å². The van der Waals surface area contributed by atoms with Gasteiger partial charge in [-0.25, -0.2) is 4.98 Å². The maximum Gasteiger partial charge on any atom is 0.0951 e. The Morgan fingerprint density at radius 3 is 2.15 bits per heavy atom. The van der Waals surface area contributed by atoms with Crippen molar-refractivity contribution in [2.75, 3.05) is 0 Å². The van der Waals surface area contributed by atoms with E-state index in [-0.39, 0.29) is 0 Å². The summed E-state index contributed by atoms with van der Waals surface area (Å²) in [5, 5.41) is 6.46. The zero-order chi connectivity index (χ0) is 29.9. The van der Waals surface area contributed by atoms with E-state index in [0.29, 0.717) is 0 Å². The molecule has 0 fully saturated rings. The first-order valence-electron chi connectivity index (χ1n) is 15.5. The minimum absolute atomic E-state index is 0.987. The van der Waals surface area contributed by atoms with Crippen molar-refractivity contribution in [1.82, 2.24) is 14.0 Å². The predicted molar refractivity (Wildman–Crippen MR) is 198 cm³/mol. The van der Waals surface area contributed by atoms with Crippen molar-refractivity contribution in [3.8, 4) is 16.9 Å². The molecule has 11 aromatic rings. The maximum atomic E-state index is 5.30. The van der Waals surface area contributed by atoms with Crippen LogP contribution in [0.2, 0.25) is 0 Å². The molecule has 46 heavy (non-hydrogen) atoms. The van der Waals surface area contributed by atoms with E-state index < -0.39 is 0 Å². The fourth-order valence-corrected chi connectivity index (χ4v) is 9.81. The monoisotopic (exact) mass is 621 g/mol. The van der Waals surface area contributed by atoms with Crippen molar-refractivity contribution in [3.05, 3.63) is 140 Å². The van der Waals surface area contributed by atoms with Crippen molar-refractivity contribution in [2.24, 2.45) is 0 Å². The lowest BCUT2D eigenvalue weighted by molar-refractivity contribution is 1.19. The Kier molecular flexibility index (Phi) is 4.87. The molecule has 5 heteroatoms. The number of hydrogen-bond acceptors (Lipinski definition) is 3. The van der Waals surface area contributed by atoms with Crippen LogP contribution in [-0.4, -0.2) is 14.0 Å². The van der Waals surface area contributed by atoms with Crippen LogP contribution in [0.4, 0.5) is 0 Å². The highest BCUT2D eigenvalue weighted by molar-refractivity contribution is 7.27. The summed E-state index contributed by atoms with van der Waals surface area (Å²) in [6, 6.07) is 50.8. The number of thiophene rings is 2. The second-order valence-electron chi connectivity index (χ2n) is 12.0. The number of hydrogen-bond donors (Lipinski definition) is 0. The number of rotatable bonds is 2. The van der Waals surface area contributed by atoms with E-state index in [1.54, 1.807) is 0 Å². The van der Waals surface area contributed by atoms with Crippen molar-refractivity contribution in [2.45, 2.75) is 0 Å². The summed E-state index contributed by atoms with van der Waals surface area (Å²) in [7, 11) is 0. The summed E-state index contributed by atoms with van der Waals surface area (Å²) in [4.78, 5) is 5.30. The summed E-state index contributed by atoms with van der Waals surface area (Å²) >= 11 is 3.78. The van der Waals surface area contributed by atoms with Gasteiger partial charge < -0.3 is 8.97 Å². The van der Waals surface area contributed by atoms with Crippen LogP contribution in [0.5, 0.6) is 0 Å². The van der Waals surface area contributed by atoms with E-state index in [2.05, 4.69) is 148 Å². The molecule has 0 radical (unpaired) electrons. The van der Waals surface area contributed by atoms with Crippen LogP contribution in [0.3, 0.4) is 0 Å². The molecule has 214 valence electrons. The van der Waals surface area contributed by atoms with Crippen LogP contribution in [0.25, 0.3) is 95.8 Å². The van der Waals surface area contributed by atoms with Gasteiger partial charge in [-0.3, -0.25) is 0 Å². The Morgan fingerprint density at radius 1 is 0.478 bits per heavy atom. The van der Waals surface area contributed by atoms with Crippen molar-refractivity contribution < 1.29 is 0 Å². The molecule has 0 spiro atoms. The number of para-hydroxylation sites is 3. The average molecular weight is 622 g/mol. The highest BCUT2D eigenvalue weighted by Crippen LogP contribution is 2.46. The van der Waals surface area contributed by atoms with Crippen molar-refractivity contribution in [3.63, 3.8) is 0 Å². The summed E-state index contributed by atoms with van der Waals surface area (Å²) in [5.74, 6) is 0. The van der Waals surface area contributed by atoms with Gasteiger partial charge in [0.15, 0.2) is 0 Å². The summed E-state index contributed by atoms with van der Waals surface area (Å²) < 4.78 is 10.2. The van der Waals surface area contributed by atoms with Gasteiger partial charge in [-0.15, -0.1) is 22.7 Å². The Balaban J connectivity index is 1.25. The van der Waals surface area contributed by atoms with Gasteiger partial charge in [0, 0.05) is 52.3 Å². The van der Waals surface area contributed by atoms with Gasteiger partial charge >= 0.3 is 0 Å². The minimum atomic E-state index is 0.987. The molecule has 11 rings (SSSR count). The quantitative estimate of drug-likeness (QED) is 0.188. The number of fused-ring (bicyclic) bond motifs is 13. The summed E-state index contributed by atoms with van der Waals surface area (Å²) in [5.41, 5.74) is 10.2. The molecule has 0 aliphatic carbocycles. The molecule has 0 saturated heterocycles. The van der Waals surface area contributed by atoms with Crippen LogP contribution >= 0.6 is 22.7 Å². The zero-order valence-corrected chi connectivity index (χ0v) is 26.1. The second-order valence-corrected chi connectivity index (χ2v) is 14.1. The molecule has 0 bridgehead atoms. The second kappa shape index (κ2) is 9.04. The molecule has 0 amide bonds. The van der Waals surface area contributed by atoms with Crippen LogP contribution in [-0.2, 0) is 0 Å². The van der Waals surface area contributed by atoms with Gasteiger partial charge in [-0.1, -0.05) is 78.9 Å². The third-order valence-corrected chi connectivity index (χ3v) is 11.8. The summed E-state index contributed by atoms with van der Waals surface area (Å²) in [6.07, 6.45) is 0. The Morgan fingerprint density at radius 2 is 1.24 bits per heavy atom. The zero-order valence-electron chi connectivity index (χ0n) is 24.4. The number of nitrogens with zero attached hydrogens (tertiary/aromatic N) is 3. The molecule has 0 unspecified atom stereocenters. The van der Waals surface area contributed by atoms with E-state index in [0.717, 1.165) is 33.5 Å². The Hall–Kier alpha value is -5.49. The Bertz CT molecular complexity index is 3040. The van der Waals surface area contributed by atoms with Gasteiger partial charge in [0.1, 0.15) is 0 Å². The highest BCUT2D eigenvalue weighted by atomic mass is 32.1. The van der Waals surface area contributed by atoms with Crippen molar-refractivity contribution in [1.29, 1.82) is 0 Å².